The molecule has 2 aliphatic rings. The van der Waals surface area contributed by atoms with Crippen molar-refractivity contribution >= 4 is 5.78 Å². The highest BCUT2D eigenvalue weighted by Crippen LogP contribution is 2.46. The van der Waals surface area contributed by atoms with Crippen molar-refractivity contribution in [1.29, 1.82) is 5.26 Å². The molecule has 0 amide bonds. The van der Waals surface area contributed by atoms with Gasteiger partial charge in [-0.1, -0.05) is 24.3 Å². The summed E-state index contributed by atoms with van der Waals surface area (Å²) in [4.78, 5) is 12.4. The summed E-state index contributed by atoms with van der Waals surface area (Å²) in [7, 11) is 0. The predicted molar refractivity (Wildman–Crippen MR) is 81.4 cm³/mol. The van der Waals surface area contributed by atoms with Crippen molar-refractivity contribution < 1.29 is 18.0 Å². The van der Waals surface area contributed by atoms with Crippen LogP contribution in [0.4, 0.5) is 13.2 Å². The topological polar surface area (TPSA) is 52.9 Å². The number of allylic oxidation sites excluding steroid dienone is 4. The van der Waals surface area contributed by atoms with E-state index < -0.39 is 23.6 Å². The Bertz CT molecular complexity index is 799. The van der Waals surface area contributed by atoms with E-state index in [2.05, 4.69) is 5.32 Å². The lowest BCUT2D eigenvalue weighted by Crippen LogP contribution is -2.39. The Morgan fingerprint density at radius 3 is 2.62 bits per heavy atom. The molecule has 2 unspecified atom stereocenters. The number of hydrogen-bond acceptors (Lipinski definition) is 3. The fourth-order valence-electron chi connectivity index (χ4n) is 3.52. The van der Waals surface area contributed by atoms with E-state index in [1.165, 1.54) is 18.2 Å². The molecule has 1 aromatic rings. The Kier molecular flexibility index (Phi) is 3.96. The minimum Gasteiger partial charge on any atom is -0.361 e. The quantitative estimate of drug-likeness (QED) is 0.844. The molecule has 3 nitrogen and oxygen atoms in total. The normalized spacial score (nSPS) is 24.0. The highest BCUT2D eigenvalue weighted by atomic mass is 19.4. The largest absolute Gasteiger partial charge is 0.416 e. The summed E-state index contributed by atoms with van der Waals surface area (Å²) >= 11 is 0. The summed E-state index contributed by atoms with van der Waals surface area (Å²) in [5, 5.41) is 12.5. The van der Waals surface area contributed by atoms with Gasteiger partial charge in [-0.25, -0.2) is 0 Å². The maximum absolute atomic E-state index is 13.4. The second-order valence-corrected chi connectivity index (χ2v) is 5.98. The number of nitriles is 1. The Balaban J connectivity index is 2.26. The van der Waals surface area contributed by atoms with Gasteiger partial charge in [-0.2, -0.15) is 18.4 Å². The zero-order chi connectivity index (χ0) is 17.5. The molecule has 24 heavy (non-hydrogen) atoms. The number of carbonyl (C=O) groups is 1. The van der Waals surface area contributed by atoms with E-state index >= 15 is 0 Å². The van der Waals surface area contributed by atoms with Gasteiger partial charge < -0.3 is 5.32 Å². The highest BCUT2D eigenvalue weighted by Gasteiger charge is 2.44. The number of fused-ring (bicyclic) bond motifs is 1. The number of alkyl halides is 3. The number of rotatable bonds is 1. The van der Waals surface area contributed by atoms with E-state index in [1.54, 1.807) is 6.92 Å². The summed E-state index contributed by atoms with van der Waals surface area (Å²) in [6.45, 7) is 1.65. The first kappa shape index (κ1) is 16.3. The molecule has 0 saturated carbocycles. The van der Waals surface area contributed by atoms with Gasteiger partial charge in [0.05, 0.1) is 23.1 Å². The zero-order valence-corrected chi connectivity index (χ0v) is 12.9. The first-order valence-electron chi connectivity index (χ1n) is 7.61. The molecule has 0 aromatic heterocycles. The van der Waals surface area contributed by atoms with E-state index in [0.29, 0.717) is 17.8 Å². The van der Waals surface area contributed by atoms with Crippen LogP contribution in [-0.2, 0) is 11.0 Å². The molecular formula is C18H15F3N2O. The standard InChI is InChI=1S/C18H15F3N2O/c1-10-12(9-22)16(17-14(23-10)7-4-8-15(17)24)11-5-2-3-6-13(11)18(19,20)21/h2-3,5-7,16-17,23H,4,8H2,1H3. The van der Waals surface area contributed by atoms with E-state index in [0.717, 1.165) is 6.07 Å². The summed E-state index contributed by atoms with van der Waals surface area (Å²) in [6, 6.07) is 7.19. The van der Waals surface area contributed by atoms with Crippen molar-refractivity contribution in [1.82, 2.24) is 5.32 Å². The third-order valence-corrected chi connectivity index (χ3v) is 4.54. The van der Waals surface area contributed by atoms with Gasteiger partial charge in [0.1, 0.15) is 5.78 Å². The summed E-state index contributed by atoms with van der Waals surface area (Å²) in [5.41, 5.74) is 0.467. The molecule has 3 rings (SSSR count). The van der Waals surface area contributed by atoms with Gasteiger partial charge in [0.15, 0.2) is 0 Å². The molecule has 1 N–H and O–H groups in total. The van der Waals surface area contributed by atoms with E-state index in [9.17, 15) is 23.2 Å². The second-order valence-electron chi connectivity index (χ2n) is 5.98. The number of nitrogens with zero attached hydrogens (tertiary/aromatic N) is 1. The molecule has 0 fully saturated rings. The van der Waals surface area contributed by atoms with Gasteiger partial charge in [-0.15, -0.1) is 0 Å². The first-order valence-corrected chi connectivity index (χ1v) is 7.61. The Hall–Kier alpha value is -2.55. The van der Waals surface area contributed by atoms with E-state index in [1.807, 2.05) is 12.1 Å². The first-order chi connectivity index (χ1) is 11.3. The van der Waals surface area contributed by atoms with Crippen LogP contribution in [0.15, 0.2) is 47.3 Å². The van der Waals surface area contributed by atoms with Crippen molar-refractivity contribution in [2.75, 3.05) is 0 Å². The number of hydrogen-bond donors (Lipinski definition) is 1. The minimum atomic E-state index is -4.54. The number of carbonyl (C=O) groups excluding carboxylic acids is 1. The van der Waals surface area contributed by atoms with Crippen molar-refractivity contribution in [2.24, 2.45) is 5.92 Å². The number of halogens is 3. The minimum absolute atomic E-state index is 0.0199. The van der Waals surface area contributed by atoms with Gasteiger partial charge in [-0.05, 0) is 25.0 Å². The van der Waals surface area contributed by atoms with Crippen LogP contribution in [-0.4, -0.2) is 5.78 Å². The average molecular weight is 332 g/mol. The number of nitrogens with one attached hydrogen (secondary N) is 1. The van der Waals surface area contributed by atoms with E-state index in [-0.39, 0.29) is 23.3 Å². The van der Waals surface area contributed by atoms with Gasteiger partial charge in [0.2, 0.25) is 0 Å². The van der Waals surface area contributed by atoms with Crippen LogP contribution in [0.3, 0.4) is 0 Å². The van der Waals surface area contributed by atoms with Crippen LogP contribution in [0.5, 0.6) is 0 Å². The maximum Gasteiger partial charge on any atom is 0.416 e. The highest BCUT2D eigenvalue weighted by molar-refractivity contribution is 5.87. The lowest BCUT2D eigenvalue weighted by molar-refractivity contribution is -0.138. The van der Waals surface area contributed by atoms with Crippen molar-refractivity contribution in [3.8, 4) is 6.07 Å². The zero-order valence-electron chi connectivity index (χ0n) is 12.9. The fraction of sp³-hybridized carbons (Fsp3) is 0.333. The molecule has 0 radical (unpaired) electrons. The summed E-state index contributed by atoms with van der Waals surface area (Å²) in [6.07, 6.45) is -1.87. The lowest BCUT2D eigenvalue weighted by atomic mass is 9.70. The molecule has 2 atom stereocenters. The number of benzene rings is 1. The molecule has 124 valence electrons. The van der Waals surface area contributed by atoms with Crippen LogP contribution in [0.1, 0.15) is 36.8 Å². The molecular weight excluding hydrogens is 317 g/mol. The fourth-order valence-corrected chi connectivity index (χ4v) is 3.52. The Morgan fingerprint density at radius 2 is 1.96 bits per heavy atom. The summed E-state index contributed by atoms with van der Waals surface area (Å²) in [5.74, 6) is -1.81. The smallest absolute Gasteiger partial charge is 0.361 e. The van der Waals surface area contributed by atoms with Gasteiger partial charge in [0, 0.05) is 23.7 Å². The van der Waals surface area contributed by atoms with Gasteiger partial charge in [-0.3, -0.25) is 4.79 Å². The van der Waals surface area contributed by atoms with Crippen molar-refractivity contribution in [3.05, 3.63) is 58.4 Å². The summed E-state index contributed by atoms with van der Waals surface area (Å²) < 4.78 is 40.3. The van der Waals surface area contributed by atoms with Gasteiger partial charge in [0.25, 0.3) is 0 Å². The molecule has 1 heterocycles. The molecule has 1 aromatic carbocycles. The third kappa shape index (κ3) is 2.60. The predicted octanol–water partition coefficient (Wildman–Crippen LogP) is 4.05. The number of Topliss-reactive ketones (excluding diaryl/α,β-unsaturated/α-hetero) is 1. The number of ketones is 1. The van der Waals surface area contributed by atoms with Crippen molar-refractivity contribution in [2.45, 2.75) is 31.9 Å². The lowest BCUT2D eigenvalue weighted by Gasteiger charge is -2.37. The monoisotopic (exact) mass is 332 g/mol. The molecule has 0 saturated heterocycles. The van der Waals surface area contributed by atoms with Crippen LogP contribution in [0.2, 0.25) is 0 Å². The van der Waals surface area contributed by atoms with Crippen LogP contribution in [0, 0.1) is 17.2 Å². The van der Waals surface area contributed by atoms with E-state index in [4.69, 9.17) is 0 Å². The molecule has 1 aliphatic heterocycles. The van der Waals surface area contributed by atoms with Crippen molar-refractivity contribution in [3.63, 3.8) is 0 Å². The average Bonchev–Trinajstić information content (AvgIpc) is 2.53. The SMILES string of the molecule is CC1=C(C#N)C(c2ccccc2C(F)(F)F)C2C(=O)CCC=C2N1. The van der Waals surface area contributed by atoms with Crippen LogP contribution < -0.4 is 5.32 Å². The van der Waals surface area contributed by atoms with Crippen LogP contribution in [0.25, 0.3) is 0 Å². The second kappa shape index (κ2) is 5.82. The Labute approximate surface area is 137 Å². The molecule has 1 aliphatic carbocycles. The Morgan fingerprint density at radius 1 is 1.25 bits per heavy atom. The third-order valence-electron chi connectivity index (χ3n) is 4.54. The maximum atomic E-state index is 13.4. The van der Waals surface area contributed by atoms with Crippen LogP contribution >= 0.6 is 0 Å². The molecule has 6 heteroatoms. The molecule has 0 spiro atoms. The van der Waals surface area contributed by atoms with Gasteiger partial charge >= 0.3 is 6.18 Å². The molecule has 0 bridgehead atoms.